The predicted molar refractivity (Wildman–Crippen MR) is 226 cm³/mol. The smallest absolute Gasteiger partial charge is 0.472 e. The highest BCUT2D eigenvalue weighted by Crippen LogP contribution is 2.43. The highest BCUT2D eigenvalue weighted by molar-refractivity contribution is 7.47. The van der Waals surface area contributed by atoms with Crippen LogP contribution in [0.4, 0.5) is 0 Å². The van der Waals surface area contributed by atoms with Crippen molar-refractivity contribution in [2.45, 2.75) is 193 Å². The zero-order valence-electron chi connectivity index (χ0n) is 35.0. The van der Waals surface area contributed by atoms with E-state index in [1.807, 2.05) is 0 Å². The van der Waals surface area contributed by atoms with Crippen LogP contribution in [0, 0.1) is 0 Å². The van der Waals surface area contributed by atoms with Crippen molar-refractivity contribution in [2.24, 2.45) is 5.73 Å². The maximum atomic E-state index is 12.6. The van der Waals surface area contributed by atoms with Gasteiger partial charge in [-0.15, -0.1) is 0 Å². The summed E-state index contributed by atoms with van der Waals surface area (Å²) in [5.74, 6) is -2.42. The zero-order chi connectivity index (χ0) is 41.4. The Morgan fingerprint density at radius 3 is 1.46 bits per heavy atom. The van der Waals surface area contributed by atoms with Gasteiger partial charge in [0.2, 0.25) is 0 Å². The fourth-order valence-electron chi connectivity index (χ4n) is 5.59. The molecule has 0 aliphatic rings. The van der Waals surface area contributed by atoms with Crippen LogP contribution in [0.15, 0.2) is 48.6 Å². The molecule has 0 heterocycles. The van der Waals surface area contributed by atoms with Gasteiger partial charge >= 0.3 is 25.7 Å². The molecule has 11 nitrogen and oxygen atoms in total. The van der Waals surface area contributed by atoms with Crippen molar-refractivity contribution < 1.29 is 47.5 Å². The third kappa shape index (κ3) is 38.3. The molecule has 1 unspecified atom stereocenters. The summed E-state index contributed by atoms with van der Waals surface area (Å²) in [5.41, 5.74) is 5.33. The standard InChI is InChI=1S/C44H78NO10P/c1-3-5-7-9-11-13-15-17-19-20-22-24-26-28-30-32-34-36-43(47)55-40(38-53-56(50,51)54-39-41(45)44(48)49)37-52-42(46)35-33-31-29-27-25-23-21-18-16-14-12-10-8-6-4-2/h11,13,17-19,21-22,24,40-41H,3-10,12,14-16,20,23,25-39,45H2,1-2H3,(H,48,49)(H,50,51)/b13-11-,19-17-,21-18-,24-22-/t40-,41+/m1/s1. The molecule has 0 saturated carbocycles. The van der Waals surface area contributed by atoms with Gasteiger partial charge in [0, 0.05) is 12.8 Å². The van der Waals surface area contributed by atoms with Crippen LogP contribution >= 0.6 is 7.82 Å². The third-order valence-electron chi connectivity index (χ3n) is 9.05. The lowest BCUT2D eigenvalue weighted by Gasteiger charge is -2.20. The van der Waals surface area contributed by atoms with E-state index in [-0.39, 0.29) is 19.4 Å². The van der Waals surface area contributed by atoms with Gasteiger partial charge < -0.3 is 25.2 Å². The number of nitrogens with two attached hydrogens (primary N) is 1. The normalized spacial score (nSPS) is 14.2. The average molecular weight is 812 g/mol. The summed E-state index contributed by atoms with van der Waals surface area (Å²) < 4.78 is 32.7. The first-order valence-electron chi connectivity index (χ1n) is 21.7. The minimum Gasteiger partial charge on any atom is -0.480 e. The number of carbonyl (C=O) groups is 3. The number of carboxylic acid groups (broad SMARTS) is 1. The summed E-state index contributed by atoms with van der Waals surface area (Å²) in [5, 5.41) is 8.88. The molecule has 0 rings (SSSR count). The van der Waals surface area contributed by atoms with E-state index in [0.717, 1.165) is 83.5 Å². The Hall–Kier alpha value is -2.56. The van der Waals surface area contributed by atoms with E-state index in [1.165, 1.54) is 57.8 Å². The molecule has 0 fully saturated rings. The second kappa shape index (κ2) is 39.3. The monoisotopic (exact) mass is 812 g/mol. The summed E-state index contributed by atoms with van der Waals surface area (Å²) in [6.45, 7) is 2.73. The number of allylic oxidation sites excluding steroid dienone is 8. The molecule has 3 atom stereocenters. The molecule has 0 radical (unpaired) electrons. The van der Waals surface area contributed by atoms with E-state index in [9.17, 15) is 23.8 Å². The number of carboxylic acids is 1. The molecule has 56 heavy (non-hydrogen) atoms. The van der Waals surface area contributed by atoms with E-state index in [4.69, 9.17) is 24.8 Å². The van der Waals surface area contributed by atoms with Crippen molar-refractivity contribution in [1.82, 2.24) is 0 Å². The molecule has 0 spiro atoms. The highest BCUT2D eigenvalue weighted by atomic mass is 31.2. The summed E-state index contributed by atoms with van der Waals surface area (Å²) in [4.78, 5) is 45.9. The molecule has 0 bridgehead atoms. The summed E-state index contributed by atoms with van der Waals surface area (Å²) in [6.07, 6.45) is 43.1. The van der Waals surface area contributed by atoms with Crippen LogP contribution in [0.3, 0.4) is 0 Å². The van der Waals surface area contributed by atoms with Gasteiger partial charge in [-0.3, -0.25) is 23.4 Å². The molecule has 0 aromatic heterocycles. The van der Waals surface area contributed by atoms with Crippen molar-refractivity contribution in [3.63, 3.8) is 0 Å². The number of rotatable bonds is 40. The van der Waals surface area contributed by atoms with Crippen molar-refractivity contribution in [2.75, 3.05) is 19.8 Å². The van der Waals surface area contributed by atoms with Gasteiger partial charge in [0.15, 0.2) is 6.10 Å². The number of unbranched alkanes of at least 4 members (excludes halogenated alkanes) is 18. The first-order valence-corrected chi connectivity index (χ1v) is 23.2. The van der Waals surface area contributed by atoms with Crippen molar-refractivity contribution in [3.8, 4) is 0 Å². The zero-order valence-corrected chi connectivity index (χ0v) is 35.9. The van der Waals surface area contributed by atoms with Crippen LogP contribution < -0.4 is 5.73 Å². The van der Waals surface area contributed by atoms with Gasteiger partial charge in [-0.2, -0.15) is 0 Å². The Balaban J connectivity index is 4.43. The molecule has 0 amide bonds. The molecule has 0 aromatic rings. The number of ether oxygens (including phenoxy) is 2. The van der Waals surface area contributed by atoms with Crippen LogP contribution in [0.2, 0.25) is 0 Å². The summed E-state index contributed by atoms with van der Waals surface area (Å²) in [6, 6.07) is -1.53. The first-order chi connectivity index (χ1) is 27.1. The number of hydrogen-bond acceptors (Lipinski definition) is 9. The Morgan fingerprint density at radius 2 is 0.946 bits per heavy atom. The minimum atomic E-state index is -4.72. The Morgan fingerprint density at radius 1 is 0.554 bits per heavy atom. The SMILES string of the molecule is CCCCC/C=C\C/C=C\C/C=C\CCCCCCC(=O)O[C@H](COC(=O)CCCCCCC/C=C\CCCCCCCC)COP(=O)(O)OC[C@H](N)C(=O)O. The average Bonchev–Trinajstić information content (AvgIpc) is 3.17. The maximum absolute atomic E-state index is 12.6. The number of carbonyl (C=O) groups excluding carboxylic acids is 2. The summed E-state index contributed by atoms with van der Waals surface area (Å²) >= 11 is 0. The second-order valence-electron chi connectivity index (χ2n) is 14.5. The van der Waals surface area contributed by atoms with Crippen molar-refractivity contribution in [1.29, 1.82) is 0 Å². The van der Waals surface area contributed by atoms with Gasteiger partial charge in [0.05, 0.1) is 13.2 Å². The lowest BCUT2D eigenvalue weighted by Crippen LogP contribution is -2.34. The molecule has 12 heteroatoms. The Bertz CT molecular complexity index is 1140. The van der Waals surface area contributed by atoms with Gasteiger partial charge in [0.25, 0.3) is 0 Å². The lowest BCUT2D eigenvalue weighted by molar-refractivity contribution is -0.161. The number of phosphoric ester groups is 1. The topological polar surface area (TPSA) is 172 Å². The molecule has 4 N–H and O–H groups in total. The third-order valence-corrected chi connectivity index (χ3v) is 10.0. The fraction of sp³-hybridized carbons (Fsp3) is 0.750. The second-order valence-corrected chi connectivity index (χ2v) is 15.9. The molecule has 324 valence electrons. The Labute approximate surface area is 339 Å². The van der Waals surface area contributed by atoms with Crippen LogP contribution in [-0.2, 0) is 37.5 Å². The summed E-state index contributed by atoms with van der Waals surface area (Å²) in [7, 11) is -4.72. The van der Waals surface area contributed by atoms with Gasteiger partial charge in [-0.25, -0.2) is 4.57 Å². The molecule has 0 aliphatic heterocycles. The van der Waals surface area contributed by atoms with E-state index in [1.54, 1.807) is 0 Å². The van der Waals surface area contributed by atoms with Crippen molar-refractivity contribution >= 4 is 25.7 Å². The van der Waals surface area contributed by atoms with Crippen LogP contribution in [0.1, 0.15) is 181 Å². The first kappa shape index (κ1) is 53.4. The predicted octanol–water partition coefficient (Wildman–Crippen LogP) is 11.4. The van der Waals surface area contributed by atoms with Crippen LogP contribution in [0.25, 0.3) is 0 Å². The molecule has 0 aromatic carbocycles. The van der Waals surface area contributed by atoms with Crippen LogP contribution in [-0.4, -0.2) is 59.9 Å². The molecule has 0 saturated heterocycles. The van der Waals surface area contributed by atoms with E-state index in [0.29, 0.717) is 12.8 Å². The van der Waals surface area contributed by atoms with E-state index >= 15 is 0 Å². The molecule has 0 aliphatic carbocycles. The maximum Gasteiger partial charge on any atom is 0.472 e. The van der Waals surface area contributed by atoms with Crippen LogP contribution in [0.5, 0.6) is 0 Å². The van der Waals surface area contributed by atoms with Gasteiger partial charge in [-0.05, 0) is 77.0 Å². The Kier molecular flexibility index (Phi) is 37.5. The van der Waals surface area contributed by atoms with Gasteiger partial charge in [-0.1, -0.05) is 140 Å². The molecular formula is C44H78NO10P. The number of hydrogen-bond donors (Lipinski definition) is 3. The van der Waals surface area contributed by atoms with E-state index in [2.05, 4.69) is 67.0 Å². The van der Waals surface area contributed by atoms with E-state index < -0.39 is 51.1 Å². The lowest BCUT2D eigenvalue weighted by atomic mass is 10.1. The quantitative estimate of drug-likeness (QED) is 0.0233. The van der Waals surface area contributed by atoms with Crippen molar-refractivity contribution in [3.05, 3.63) is 48.6 Å². The highest BCUT2D eigenvalue weighted by Gasteiger charge is 2.28. The minimum absolute atomic E-state index is 0.133. The fourth-order valence-corrected chi connectivity index (χ4v) is 6.37. The number of phosphoric acid groups is 1. The van der Waals surface area contributed by atoms with Gasteiger partial charge in [0.1, 0.15) is 12.6 Å². The number of aliphatic carboxylic acids is 1. The number of esters is 2. The largest absolute Gasteiger partial charge is 0.480 e. The molecular weight excluding hydrogens is 733 g/mol.